The number of aliphatic hydroxyl groups is 1. The number of hydrogen-bond donors (Lipinski definition) is 1. The van der Waals surface area contributed by atoms with E-state index in [4.69, 9.17) is 0 Å². The first-order chi connectivity index (χ1) is 11.5. The van der Waals surface area contributed by atoms with E-state index in [9.17, 15) is 18.3 Å². The predicted octanol–water partition coefficient (Wildman–Crippen LogP) is 4.83. The van der Waals surface area contributed by atoms with Gasteiger partial charge in [0.25, 0.3) is 0 Å². The van der Waals surface area contributed by atoms with Crippen LogP contribution in [-0.4, -0.2) is 16.3 Å². The van der Waals surface area contributed by atoms with E-state index in [1.54, 1.807) is 0 Å². The Labute approximate surface area is 137 Å². The third kappa shape index (κ3) is 3.21. The molecule has 0 atom stereocenters. The minimum absolute atomic E-state index is 0.0451. The van der Waals surface area contributed by atoms with Gasteiger partial charge in [0.15, 0.2) is 0 Å². The molecular weight excluding hydrogens is 315 g/mol. The summed E-state index contributed by atoms with van der Waals surface area (Å²) in [6.07, 6.45) is -2.51. The number of halogens is 3. The van der Waals surface area contributed by atoms with Crippen molar-refractivity contribution in [2.75, 3.05) is 6.61 Å². The lowest BCUT2D eigenvalue weighted by Gasteiger charge is -2.13. The third-order valence-electron chi connectivity index (χ3n) is 3.87. The summed E-state index contributed by atoms with van der Waals surface area (Å²) >= 11 is 0. The Morgan fingerprint density at radius 3 is 2.08 bits per heavy atom. The highest BCUT2D eigenvalue weighted by Gasteiger charge is 2.30. The van der Waals surface area contributed by atoms with E-state index < -0.39 is 11.7 Å². The summed E-state index contributed by atoms with van der Waals surface area (Å²) in [5, 5.41) is 9.25. The van der Waals surface area contributed by atoms with Crippen molar-refractivity contribution in [2.45, 2.75) is 12.7 Å². The van der Waals surface area contributed by atoms with Crippen LogP contribution >= 0.6 is 0 Å². The van der Waals surface area contributed by atoms with Crippen molar-refractivity contribution in [3.8, 4) is 22.4 Å². The number of aliphatic hydroxyl groups excluding tert-OH is 1. The summed E-state index contributed by atoms with van der Waals surface area (Å²) in [5.41, 5.74) is 2.70. The number of alkyl halides is 3. The molecule has 2 aromatic carbocycles. The highest BCUT2D eigenvalue weighted by molar-refractivity contribution is 5.81. The predicted molar refractivity (Wildman–Crippen MR) is 87.4 cm³/mol. The number of rotatable bonds is 4. The molecule has 3 rings (SSSR count). The minimum Gasteiger partial charge on any atom is -0.395 e. The summed E-state index contributed by atoms with van der Waals surface area (Å²) in [5.74, 6) is 0. The fraction of sp³-hybridized carbons (Fsp3) is 0.158. The molecule has 0 aliphatic rings. The molecule has 1 aromatic heterocycles. The SMILES string of the molecule is OCCn1ccc(-c2ccccc2)c1-c1ccc(C(F)(F)F)cc1. The minimum atomic E-state index is -4.35. The Kier molecular flexibility index (Phi) is 4.44. The van der Waals surface area contributed by atoms with Gasteiger partial charge in [-0.1, -0.05) is 42.5 Å². The molecule has 0 fully saturated rings. The van der Waals surface area contributed by atoms with Crippen LogP contribution in [0.5, 0.6) is 0 Å². The van der Waals surface area contributed by atoms with E-state index in [0.29, 0.717) is 12.1 Å². The van der Waals surface area contributed by atoms with Crippen LogP contribution in [0.25, 0.3) is 22.4 Å². The van der Waals surface area contributed by atoms with Crippen molar-refractivity contribution < 1.29 is 18.3 Å². The first-order valence-corrected chi connectivity index (χ1v) is 7.54. The molecule has 5 heteroatoms. The smallest absolute Gasteiger partial charge is 0.395 e. The maximum atomic E-state index is 12.8. The summed E-state index contributed by atoms with van der Waals surface area (Å²) in [4.78, 5) is 0. The van der Waals surface area contributed by atoms with Gasteiger partial charge in [0.1, 0.15) is 0 Å². The third-order valence-corrected chi connectivity index (χ3v) is 3.87. The lowest BCUT2D eigenvalue weighted by Crippen LogP contribution is -2.05. The highest BCUT2D eigenvalue weighted by Crippen LogP contribution is 2.35. The second kappa shape index (κ2) is 6.53. The van der Waals surface area contributed by atoms with E-state index in [2.05, 4.69) is 0 Å². The number of nitrogens with zero attached hydrogens (tertiary/aromatic N) is 1. The molecule has 0 bridgehead atoms. The molecule has 3 aromatic rings. The molecule has 0 saturated heterocycles. The average Bonchev–Trinajstić information content (AvgIpc) is 2.99. The van der Waals surface area contributed by atoms with Gasteiger partial charge in [-0.15, -0.1) is 0 Å². The number of hydrogen-bond acceptors (Lipinski definition) is 1. The lowest BCUT2D eigenvalue weighted by atomic mass is 10.0. The fourth-order valence-electron chi connectivity index (χ4n) is 2.76. The van der Waals surface area contributed by atoms with Gasteiger partial charge < -0.3 is 9.67 Å². The monoisotopic (exact) mass is 331 g/mol. The molecule has 24 heavy (non-hydrogen) atoms. The molecule has 2 nitrogen and oxygen atoms in total. The summed E-state index contributed by atoms with van der Waals surface area (Å²) in [7, 11) is 0. The Morgan fingerprint density at radius 2 is 1.50 bits per heavy atom. The fourth-order valence-corrected chi connectivity index (χ4v) is 2.76. The van der Waals surface area contributed by atoms with Gasteiger partial charge in [0, 0.05) is 18.3 Å². The van der Waals surface area contributed by atoms with Crippen LogP contribution < -0.4 is 0 Å². The topological polar surface area (TPSA) is 25.2 Å². The summed E-state index contributed by atoms with van der Waals surface area (Å²) in [6.45, 7) is 0.333. The molecule has 124 valence electrons. The molecule has 0 spiro atoms. The molecule has 0 saturated carbocycles. The summed E-state index contributed by atoms with van der Waals surface area (Å²) < 4.78 is 40.2. The largest absolute Gasteiger partial charge is 0.416 e. The van der Waals surface area contributed by atoms with Gasteiger partial charge in [-0.05, 0) is 29.3 Å². The van der Waals surface area contributed by atoms with Gasteiger partial charge in [-0.3, -0.25) is 0 Å². The van der Waals surface area contributed by atoms with Crippen molar-refractivity contribution >= 4 is 0 Å². The molecular formula is C19H16F3NO. The van der Waals surface area contributed by atoms with E-state index in [-0.39, 0.29) is 6.61 Å². The van der Waals surface area contributed by atoms with Gasteiger partial charge in [0.2, 0.25) is 0 Å². The maximum absolute atomic E-state index is 12.8. The zero-order valence-electron chi connectivity index (χ0n) is 12.8. The van der Waals surface area contributed by atoms with E-state index in [1.807, 2.05) is 47.2 Å². The van der Waals surface area contributed by atoms with Crippen molar-refractivity contribution in [1.29, 1.82) is 0 Å². The highest BCUT2D eigenvalue weighted by atomic mass is 19.4. The van der Waals surface area contributed by atoms with Crippen LogP contribution in [0.2, 0.25) is 0 Å². The van der Waals surface area contributed by atoms with Crippen LogP contribution in [0.3, 0.4) is 0 Å². The van der Waals surface area contributed by atoms with Crippen molar-refractivity contribution in [3.63, 3.8) is 0 Å². The first-order valence-electron chi connectivity index (χ1n) is 7.54. The lowest BCUT2D eigenvalue weighted by molar-refractivity contribution is -0.137. The number of aromatic nitrogens is 1. The zero-order valence-corrected chi connectivity index (χ0v) is 12.8. The standard InChI is InChI=1S/C19H16F3NO/c20-19(21,22)16-8-6-15(7-9-16)18-17(10-11-23(18)12-13-24)14-4-2-1-3-5-14/h1-11,24H,12-13H2. The van der Waals surface area contributed by atoms with Crippen LogP contribution in [-0.2, 0) is 12.7 Å². The normalized spacial score (nSPS) is 11.7. The average molecular weight is 331 g/mol. The number of benzene rings is 2. The van der Waals surface area contributed by atoms with Crippen molar-refractivity contribution in [1.82, 2.24) is 4.57 Å². The quantitative estimate of drug-likeness (QED) is 0.727. The molecule has 1 N–H and O–H groups in total. The maximum Gasteiger partial charge on any atom is 0.416 e. The second-order valence-corrected chi connectivity index (χ2v) is 5.44. The molecule has 0 aliphatic heterocycles. The van der Waals surface area contributed by atoms with Crippen LogP contribution in [0.1, 0.15) is 5.56 Å². The molecule has 0 amide bonds. The molecule has 0 radical (unpaired) electrons. The Bertz CT molecular complexity index is 805. The van der Waals surface area contributed by atoms with Gasteiger partial charge in [-0.25, -0.2) is 0 Å². The van der Waals surface area contributed by atoms with Crippen LogP contribution in [0.4, 0.5) is 13.2 Å². The zero-order chi connectivity index (χ0) is 17.2. The Balaban J connectivity index is 2.10. The second-order valence-electron chi connectivity index (χ2n) is 5.44. The van der Waals surface area contributed by atoms with Crippen molar-refractivity contribution in [3.05, 3.63) is 72.4 Å². The van der Waals surface area contributed by atoms with Crippen LogP contribution in [0.15, 0.2) is 66.9 Å². The van der Waals surface area contributed by atoms with E-state index >= 15 is 0 Å². The van der Waals surface area contributed by atoms with E-state index in [0.717, 1.165) is 29.0 Å². The van der Waals surface area contributed by atoms with E-state index in [1.165, 1.54) is 12.1 Å². The van der Waals surface area contributed by atoms with Crippen LogP contribution in [0, 0.1) is 0 Å². The Hall–Kier alpha value is -2.53. The molecule has 0 aliphatic carbocycles. The van der Waals surface area contributed by atoms with Gasteiger partial charge in [0.05, 0.1) is 17.9 Å². The first kappa shape index (κ1) is 16.3. The molecule has 0 unspecified atom stereocenters. The molecule has 1 heterocycles. The summed E-state index contributed by atoms with van der Waals surface area (Å²) in [6, 6.07) is 16.7. The van der Waals surface area contributed by atoms with Gasteiger partial charge in [-0.2, -0.15) is 13.2 Å². The van der Waals surface area contributed by atoms with Gasteiger partial charge >= 0.3 is 6.18 Å². The Morgan fingerprint density at radius 1 is 0.833 bits per heavy atom. The van der Waals surface area contributed by atoms with Crippen molar-refractivity contribution in [2.24, 2.45) is 0 Å².